The molecule has 1 aliphatic heterocycles. The number of fused-ring (bicyclic) bond motifs is 1. The lowest BCUT2D eigenvalue weighted by molar-refractivity contribution is -0.268. The molecule has 0 bridgehead atoms. The molecule has 6 nitrogen and oxygen atoms in total. The van der Waals surface area contributed by atoms with Gasteiger partial charge in [0.25, 0.3) is 0 Å². The molecule has 1 aliphatic rings. The SMILES string of the molecule is CCCCOCC1OC(c2cccc(Cc3nc4ccccc4s3)c2)[C@H](OCCCC)[C@@H](OCCCC)[C@@H]1OCCCC. The van der Waals surface area contributed by atoms with E-state index in [9.17, 15) is 0 Å². The van der Waals surface area contributed by atoms with Crippen molar-refractivity contribution in [3.8, 4) is 0 Å². The van der Waals surface area contributed by atoms with E-state index < -0.39 is 0 Å². The Bertz CT molecular complexity index is 1150. The highest BCUT2D eigenvalue weighted by atomic mass is 32.1. The van der Waals surface area contributed by atoms with Gasteiger partial charge in [-0.2, -0.15) is 0 Å². The molecule has 1 fully saturated rings. The topological polar surface area (TPSA) is 59.0 Å². The Hall–Kier alpha value is -1.87. The monoisotopic (exact) mass is 611 g/mol. The summed E-state index contributed by atoms with van der Waals surface area (Å²) >= 11 is 1.76. The molecule has 5 atom stereocenters. The van der Waals surface area contributed by atoms with Crippen LogP contribution in [0.3, 0.4) is 0 Å². The Morgan fingerprint density at radius 3 is 2.07 bits per heavy atom. The van der Waals surface area contributed by atoms with Gasteiger partial charge in [-0.25, -0.2) is 4.98 Å². The van der Waals surface area contributed by atoms with Crippen LogP contribution >= 0.6 is 11.3 Å². The van der Waals surface area contributed by atoms with Crippen molar-refractivity contribution in [1.29, 1.82) is 0 Å². The highest BCUT2D eigenvalue weighted by Gasteiger charge is 2.48. The van der Waals surface area contributed by atoms with Crippen LogP contribution in [0.15, 0.2) is 48.5 Å². The highest BCUT2D eigenvalue weighted by Crippen LogP contribution is 2.38. The molecule has 0 spiro atoms. The molecule has 3 aromatic rings. The summed E-state index contributed by atoms with van der Waals surface area (Å²) in [5.41, 5.74) is 3.38. The maximum absolute atomic E-state index is 6.96. The molecule has 2 aromatic carbocycles. The Labute approximate surface area is 263 Å². The molecule has 2 heterocycles. The van der Waals surface area contributed by atoms with Crippen molar-refractivity contribution in [1.82, 2.24) is 4.98 Å². The molecule has 0 radical (unpaired) electrons. The van der Waals surface area contributed by atoms with Gasteiger partial charge >= 0.3 is 0 Å². The molecule has 0 amide bonds. The molecule has 238 valence electrons. The highest BCUT2D eigenvalue weighted by molar-refractivity contribution is 7.18. The summed E-state index contributed by atoms with van der Waals surface area (Å²) < 4.78 is 34.3. The fraction of sp³-hybridized carbons (Fsp3) is 0.639. The fourth-order valence-electron chi connectivity index (χ4n) is 5.48. The third-order valence-electron chi connectivity index (χ3n) is 7.96. The van der Waals surface area contributed by atoms with E-state index in [4.69, 9.17) is 28.7 Å². The first-order valence-corrected chi connectivity index (χ1v) is 17.5. The smallest absolute Gasteiger partial charge is 0.117 e. The third kappa shape index (κ3) is 10.1. The molecule has 1 aromatic heterocycles. The van der Waals surface area contributed by atoms with E-state index in [2.05, 4.69) is 70.2 Å². The van der Waals surface area contributed by atoms with Crippen LogP contribution < -0.4 is 0 Å². The average molecular weight is 612 g/mol. The summed E-state index contributed by atoms with van der Waals surface area (Å²) in [5.74, 6) is 0. The van der Waals surface area contributed by atoms with Crippen molar-refractivity contribution in [2.75, 3.05) is 33.0 Å². The van der Waals surface area contributed by atoms with Crippen molar-refractivity contribution in [3.05, 3.63) is 64.7 Å². The second kappa shape index (κ2) is 18.8. The van der Waals surface area contributed by atoms with Crippen LogP contribution in [0.1, 0.15) is 101 Å². The molecule has 0 aliphatic carbocycles. The minimum atomic E-state index is -0.287. The predicted octanol–water partition coefficient (Wildman–Crippen LogP) is 8.70. The predicted molar refractivity (Wildman–Crippen MR) is 176 cm³/mol. The van der Waals surface area contributed by atoms with Crippen LogP contribution in [0, 0.1) is 0 Å². The Morgan fingerprint density at radius 1 is 0.721 bits per heavy atom. The zero-order valence-electron chi connectivity index (χ0n) is 26.8. The molecule has 43 heavy (non-hydrogen) atoms. The third-order valence-corrected chi connectivity index (χ3v) is 8.99. The van der Waals surface area contributed by atoms with E-state index in [1.54, 1.807) is 11.3 Å². The van der Waals surface area contributed by atoms with Crippen LogP contribution in [-0.4, -0.2) is 62.4 Å². The Balaban J connectivity index is 1.64. The van der Waals surface area contributed by atoms with Gasteiger partial charge in [-0.15, -0.1) is 11.3 Å². The quantitative estimate of drug-likeness (QED) is 0.119. The summed E-state index contributed by atoms with van der Waals surface area (Å²) in [6.45, 7) is 12.0. The zero-order valence-corrected chi connectivity index (χ0v) is 27.6. The summed E-state index contributed by atoms with van der Waals surface area (Å²) in [4.78, 5) is 4.88. The largest absolute Gasteiger partial charge is 0.379 e. The first-order chi connectivity index (χ1) is 21.2. The van der Waals surface area contributed by atoms with E-state index in [0.29, 0.717) is 26.4 Å². The van der Waals surface area contributed by atoms with Crippen molar-refractivity contribution in [2.45, 2.75) is 116 Å². The number of para-hydroxylation sites is 1. The minimum Gasteiger partial charge on any atom is -0.379 e. The number of nitrogens with zero attached hydrogens (tertiary/aromatic N) is 1. The van der Waals surface area contributed by atoms with Gasteiger partial charge in [0.2, 0.25) is 0 Å². The number of rotatable bonds is 20. The van der Waals surface area contributed by atoms with E-state index in [1.807, 2.05) is 6.07 Å². The lowest BCUT2D eigenvalue weighted by atomic mass is 9.89. The number of aromatic nitrogens is 1. The standard InChI is InChI=1S/C36H53NO5S/c1-5-9-20-38-26-30-34(39-21-10-6-2)36(41-23-12-8-4)35(40-22-11-7-3)33(42-30)28-17-15-16-27(24-28)25-32-37-29-18-13-14-19-31(29)43-32/h13-19,24,30,33-36H,5-12,20-23,25-26H2,1-4H3/t30?,33?,34-,35+,36+/m1/s1. The lowest BCUT2D eigenvalue weighted by Crippen LogP contribution is -2.58. The van der Waals surface area contributed by atoms with Gasteiger partial charge in [0.15, 0.2) is 0 Å². The Morgan fingerprint density at radius 2 is 1.37 bits per heavy atom. The van der Waals surface area contributed by atoms with E-state index >= 15 is 0 Å². The van der Waals surface area contributed by atoms with Crippen molar-refractivity contribution in [2.24, 2.45) is 0 Å². The maximum atomic E-state index is 6.96. The summed E-state index contributed by atoms with van der Waals surface area (Å²) in [7, 11) is 0. The summed E-state index contributed by atoms with van der Waals surface area (Å²) in [6, 6.07) is 17.1. The van der Waals surface area contributed by atoms with E-state index in [1.165, 1.54) is 10.3 Å². The summed E-state index contributed by atoms with van der Waals surface area (Å²) in [5, 5.41) is 1.12. The second-order valence-corrected chi connectivity index (χ2v) is 12.7. The number of thiazole rings is 1. The molecule has 2 unspecified atom stereocenters. The molecule has 1 saturated heterocycles. The van der Waals surface area contributed by atoms with Gasteiger partial charge < -0.3 is 23.7 Å². The van der Waals surface area contributed by atoms with Gasteiger partial charge in [-0.1, -0.05) is 89.8 Å². The van der Waals surface area contributed by atoms with Gasteiger partial charge in [0.1, 0.15) is 30.5 Å². The maximum Gasteiger partial charge on any atom is 0.117 e. The molecule has 4 rings (SSSR count). The van der Waals surface area contributed by atoms with Crippen LogP contribution in [0.4, 0.5) is 0 Å². The Kier molecular flexibility index (Phi) is 14.9. The molecule has 0 saturated carbocycles. The second-order valence-electron chi connectivity index (χ2n) is 11.6. The van der Waals surface area contributed by atoms with Crippen molar-refractivity contribution in [3.63, 3.8) is 0 Å². The number of hydrogen-bond donors (Lipinski definition) is 0. The minimum absolute atomic E-state index is 0.244. The van der Waals surface area contributed by atoms with Gasteiger partial charge in [-0.05, 0) is 48.9 Å². The number of benzene rings is 2. The van der Waals surface area contributed by atoms with Crippen molar-refractivity contribution < 1.29 is 23.7 Å². The van der Waals surface area contributed by atoms with Gasteiger partial charge in [-0.3, -0.25) is 0 Å². The zero-order chi connectivity index (χ0) is 30.3. The molecular weight excluding hydrogens is 558 g/mol. The fourth-order valence-corrected chi connectivity index (χ4v) is 6.48. The lowest BCUT2D eigenvalue weighted by Gasteiger charge is -2.46. The normalized spacial score (nSPS) is 22.4. The number of unbranched alkanes of at least 4 members (excludes halogenated alkanes) is 4. The van der Waals surface area contributed by atoms with E-state index in [-0.39, 0.29) is 30.5 Å². The molecule has 7 heteroatoms. The summed E-state index contributed by atoms with van der Waals surface area (Å²) in [6.07, 6.45) is 7.82. The van der Waals surface area contributed by atoms with Gasteiger partial charge in [0, 0.05) is 32.8 Å². The molecule has 0 N–H and O–H groups in total. The van der Waals surface area contributed by atoms with Crippen LogP contribution in [-0.2, 0) is 30.1 Å². The molecular formula is C36H53NO5S. The van der Waals surface area contributed by atoms with Crippen LogP contribution in [0.2, 0.25) is 0 Å². The van der Waals surface area contributed by atoms with Crippen LogP contribution in [0.5, 0.6) is 0 Å². The first kappa shape index (κ1) is 34.0. The first-order valence-electron chi connectivity index (χ1n) is 16.7. The number of hydrogen-bond acceptors (Lipinski definition) is 7. The number of ether oxygens (including phenoxy) is 5. The van der Waals surface area contributed by atoms with Crippen LogP contribution in [0.25, 0.3) is 10.2 Å². The average Bonchev–Trinajstić information content (AvgIpc) is 3.43. The van der Waals surface area contributed by atoms with Gasteiger partial charge in [0.05, 0.1) is 21.8 Å². The van der Waals surface area contributed by atoms with E-state index in [0.717, 1.165) is 80.5 Å². The van der Waals surface area contributed by atoms with Crippen molar-refractivity contribution >= 4 is 21.6 Å².